The van der Waals surface area contributed by atoms with E-state index < -0.39 is 72.3 Å². The number of hydrogen-bond acceptors (Lipinski definition) is 8. The summed E-state index contributed by atoms with van der Waals surface area (Å²) in [5, 5.41) is 44.7. The van der Waals surface area contributed by atoms with Crippen molar-refractivity contribution in [3.63, 3.8) is 0 Å². The quantitative estimate of drug-likeness (QED) is 0.141. The van der Waals surface area contributed by atoms with Crippen molar-refractivity contribution in [2.75, 3.05) is 0 Å². The van der Waals surface area contributed by atoms with Crippen molar-refractivity contribution >= 4 is 29.7 Å². The van der Waals surface area contributed by atoms with Gasteiger partial charge >= 0.3 is 11.9 Å². The van der Waals surface area contributed by atoms with E-state index in [0.29, 0.717) is 12.0 Å². The Labute approximate surface area is 214 Å². The third-order valence-electron chi connectivity index (χ3n) is 5.85. The number of carboxylic acids is 2. The zero-order chi connectivity index (χ0) is 28.3. The van der Waals surface area contributed by atoms with Crippen molar-refractivity contribution in [3.8, 4) is 5.75 Å². The van der Waals surface area contributed by atoms with E-state index in [1.54, 1.807) is 26.0 Å². The summed E-state index contributed by atoms with van der Waals surface area (Å²) in [5.74, 6) is -5.56. The molecule has 6 unspecified atom stereocenters. The van der Waals surface area contributed by atoms with Gasteiger partial charge in [-0.3, -0.25) is 19.2 Å². The molecule has 9 N–H and O–H groups in total. The molecule has 37 heavy (non-hydrogen) atoms. The molecule has 13 heteroatoms. The fourth-order valence-electron chi connectivity index (χ4n) is 3.38. The minimum absolute atomic E-state index is 0.0454. The number of carboxylic acid groups (broad SMARTS) is 2. The lowest BCUT2D eigenvalue weighted by molar-refractivity contribution is -0.144. The van der Waals surface area contributed by atoms with E-state index in [4.69, 9.17) is 10.8 Å². The fraction of sp³-hybridized carbons (Fsp3) is 0.542. The SMILES string of the molecule is CCC(C)C(NC(=O)C(NC(=O)C(N)Cc1ccc(O)cc1)C(C)O)C(=O)NC(CCC(=O)O)C(=O)O. The molecule has 3 amide bonds. The molecule has 0 aliphatic carbocycles. The molecule has 206 valence electrons. The molecular weight excluding hydrogens is 488 g/mol. The second-order valence-electron chi connectivity index (χ2n) is 8.91. The monoisotopic (exact) mass is 524 g/mol. The van der Waals surface area contributed by atoms with Crippen LogP contribution in [0, 0.1) is 5.92 Å². The van der Waals surface area contributed by atoms with Gasteiger partial charge in [0.15, 0.2) is 0 Å². The minimum atomic E-state index is -1.49. The maximum absolute atomic E-state index is 13.0. The zero-order valence-electron chi connectivity index (χ0n) is 21.0. The number of phenols is 1. The summed E-state index contributed by atoms with van der Waals surface area (Å²) < 4.78 is 0. The Balaban J connectivity index is 2.94. The van der Waals surface area contributed by atoms with Gasteiger partial charge in [-0.05, 0) is 43.4 Å². The van der Waals surface area contributed by atoms with Crippen LogP contribution in [0.1, 0.15) is 45.6 Å². The third kappa shape index (κ3) is 10.4. The van der Waals surface area contributed by atoms with Gasteiger partial charge in [-0.2, -0.15) is 0 Å². The summed E-state index contributed by atoms with van der Waals surface area (Å²) >= 11 is 0. The van der Waals surface area contributed by atoms with Crippen LogP contribution < -0.4 is 21.7 Å². The average molecular weight is 525 g/mol. The lowest BCUT2D eigenvalue weighted by Gasteiger charge is -2.29. The first-order valence-corrected chi connectivity index (χ1v) is 11.8. The lowest BCUT2D eigenvalue weighted by Crippen LogP contribution is -2.61. The van der Waals surface area contributed by atoms with E-state index in [-0.39, 0.29) is 18.6 Å². The zero-order valence-corrected chi connectivity index (χ0v) is 21.0. The number of aliphatic carboxylic acids is 2. The van der Waals surface area contributed by atoms with Gasteiger partial charge in [-0.1, -0.05) is 32.4 Å². The van der Waals surface area contributed by atoms with Crippen molar-refractivity contribution in [2.24, 2.45) is 11.7 Å². The number of nitrogens with one attached hydrogen (secondary N) is 3. The van der Waals surface area contributed by atoms with Gasteiger partial charge in [-0.25, -0.2) is 4.79 Å². The largest absolute Gasteiger partial charge is 0.508 e. The highest BCUT2D eigenvalue weighted by atomic mass is 16.4. The maximum Gasteiger partial charge on any atom is 0.326 e. The first-order valence-electron chi connectivity index (χ1n) is 11.8. The number of carbonyl (C=O) groups is 5. The molecule has 13 nitrogen and oxygen atoms in total. The number of carbonyl (C=O) groups excluding carboxylic acids is 3. The van der Waals surface area contributed by atoms with Crippen molar-refractivity contribution < 1.29 is 44.4 Å². The number of amides is 3. The summed E-state index contributed by atoms with van der Waals surface area (Å²) in [4.78, 5) is 60.7. The Morgan fingerprint density at radius 3 is 1.92 bits per heavy atom. The molecule has 0 saturated heterocycles. The molecule has 0 aliphatic heterocycles. The van der Waals surface area contributed by atoms with Crippen molar-refractivity contribution in [3.05, 3.63) is 29.8 Å². The predicted molar refractivity (Wildman–Crippen MR) is 131 cm³/mol. The summed E-state index contributed by atoms with van der Waals surface area (Å²) in [5.41, 5.74) is 6.59. The molecule has 0 aromatic heterocycles. The summed E-state index contributed by atoms with van der Waals surface area (Å²) in [6.45, 7) is 4.65. The van der Waals surface area contributed by atoms with Crippen LogP contribution in [0.3, 0.4) is 0 Å². The van der Waals surface area contributed by atoms with Crippen LogP contribution in [0.4, 0.5) is 0 Å². The number of phenolic OH excluding ortho intramolecular Hbond substituents is 1. The van der Waals surface area contributed by atoms with E-state index in [1.807, 2.05) is 0 Å². The molecule has 1 aromatic carbocycles. The first kappa shape index (κ1) is 31.3. The van der Waals surface area contributed by atoms with Gasteiger partial charge in [0, 0.05) is 6.42 Å². The van der Waals surface area contributed by atoms with Crippen LogP contribution >= 0.6 is 0 Å². The molecular formula is C24H36N4O9. The molecule has 0 aliphatic rings. The van der Waals surface area contributed by atoms with E-state index >= 15 is 0 Å². The normalized spacial score (nSPS) is 15.8. The van der Waals surface area contributed by atoms with Gasteiger partial charge in [0.25, 0.3) is 0 Å². The number of aliphatic hydroxyl groups excluding tert-OH is 1. The van der Waals surface area contributed by atoms with Crippen LogP contribution in [0.15, 0.2) is 24.3 Å². The molecule has 0 bridgehead atoms. The van der Waals surface area contributed by atoms with Crippen LogP contribution in [-0.4, -0.2) is 80.4 Å². The van der Waals surface area contributed by atoms with Gasteiger partial charge in [-0.15, -0.1) is 0 Å². The van der Waals surface area contributed by atoms with Gasteiger partial charge in [0.1, 0.15) is 23.9 Å². The van der Waals surface area contributed by atoms with Crippen LogP contribution in [0.25, 0.3) is 0 Å². The second kappa shape index (κ2) is 14.8. The molecule has 0 radical (unpaired) electrons. The first-order chi connectivity index (χ1) is 17.3. The maximum atomic E-state index is 13.0. The smallest absolute Gasteiger partial charge is 0.326 e. The number of hydrogen-bond donors (Lipinski definition) is 8. The highest BCUT2D eigenvalue weighted by molar-refractivity contribution is 5.94. The van der Waals surface area contributed by atoms with E-state index in [9.17, 15) is 39.3 Å². The second-order valence-corrected chi connectivity index (χ2v) is 8.91. The topological polar surface area (TPSA) is 228 Å². The van der Waals surface area contributed by atoms with Crippen molar-refractivity contribution in [2.45, 2.75) is 76.7 Å². The minimum Gasteiger partial charge on any atom is -0.508 e. The molecule has 0 spiro atoms. The molecule has 1 rings (SSSR count). The molecule has 1 aromatic rings. The summed E-state index contributed by atoms with van der Waals surface area (Å²) in [6, 6.07) is 0.753. The standard InChI is InChI=1S/C24H36N4O9/c1-4-12(2)19(22(34)26-17(24(36)37)9-10-18(31)32)27-23(35)20(13(3)29)28-21(33)16(25)11-14-5-7-15(30)8-6-14/h5-8,12-13,16-17,19-20,29-30H,4,9-11,25H2,1-3H3,(H,26,34)(H,27,35)(H,28,33)(H,31,32)(H,36,37). The Kier molecular flexibility index (Phi) is 12.5. The van der Waals surface area contributed by atoms with Gasteiger partial charge < -0.3 is 42.1 Å². The van der Waals surface area contributed by atoms with E-state index in [0.717, 1.165) is 0 Å². The Bertz CT molecular complexity index is 952. The molecule has 0 saturated carbocycles. The average Bonchev–Trinajstić information content (AvgIpc) is 2.83. The van der Waals surface area contributed by atoms with E-state index in [2.05, 4.69) is 16.0 Å². The summed E-state index contributed by atoms with van der Waals surface area (Å²) in [6.07, 6.45) is -1.71. The molecule has 0 fully saturated rings. The summed E-state index contributed by atoms with van der Waals surface area (Å²) in [7, 11) is 0. The molecule has 6 atom stereocenters. The lowest BCUT2D eigenvalue weighted by atomic mass is 9.96. The Morgan fingerprint density at radius 2 is 1.43 bits per heavy atom. The van der Waals surface area contributed by atoms with Crippen LogP contribution in [-0.2, 0) is 30.4 Å². The van der Waals surface area contributed by atoms with Crippen molar-refractivity contribution in [1.29, 1.82) is 0 Å². The number of nitrogens with two attached hydrogens (primary N) is 1. The highest BCUT2D eigenvalue weighted by Crippen LogP contribution is 2.12. The predicted octanol–water partition coefficient (Wildman–Crippen LogP) is -0.907. The van der Waals surface area contributed by atoms with Gasteiger partial charge in [0.05, 0.1) is 12.1 Å². The van der Waals surface area contributed by atoms with E-state index in [1.165, 1.54) is 19.1 Å². The number of aromatic hydroxyl groups is 1. The van der Waals surface area contributed by atoms with Gasteiger partial charge in [0.2, 0.25) is 17.7 Å². The number of aliphatic hydroxyl groups is 1. The van der Waals surface area contributed by atoms with Crippen LogP contribution in [0.5, 0.6) is 5.75 Å². The van der Waals surface area contributed by atoms with Crippen LogP contribution in [0.2, 0.25) is 0 Å². The highest BCUT2D eigenvalue weighted by Gasteiger charge is 2.34. The number of rotatable bonds is 15. The number of benzene rings is 1. The Hall–Kier alpha value is -3.71. The fourth-order valence-corrected chi connectivity index (χ4v) is 3.38. The Morgan fingerprint density at radius 1 is 0.892 bits per heavy atom. The molecule has 0 heterocycles. The third-order valence-corrected chi connectivity index (χ3v) is 5.85. The van der Waals surface area contributed by atoms with Crippen molar-refractivity contribution in [1.82, 2.24) is 16.0 Å².